The first-order chi connectivity index (χ1) is 13.4. The van der Waals surface area contributed by atoms with Gasteiger partial charge in [-0.2, -0.15) is 32.8 Å². The molecule has 0 saturated carbocycles. The van der Waals surface area contributed by atoms with Gasteiger partial charge in [0.05, 0.1) is 17.2 Å². The number of aromatic nitrogens is 4. The van der Waals surface area contributed by atoms with Gasteiger partial charge in [-0.25, -0.2) is 4.39 Å². The lowest BCUT2D eigenvalue weighted by Gasteiger charge is -2.32. The summed E-state index contributed by atoms with van der Waals surface area (Å²) in [6, 6.07) is 3.25. The maximum Gasteiger partial charge on any atom is 0.419 e. The summed E-state index contributed by atoms with van der Waals surface area (Å²) < 4.78 is 54.2. The van der Waals surface area contributed by atoms with Gasteiger partial charge in [-0.1, -0.05) is 6.07 Å². The summed E-state index contributed by atoms with van der Waals surface area (Å²) in [5.41, 5.74) is -2.69. The Hall–Kier alpha value is -2.95. The van der Waals surface area contributed by atoms with Crippen LogP contribution in [0.1, 0.15) is 31.0 Å². The summed E-state index contributed by atoms with van der Waals surface area (Å²) >= 11 is 0. The minimum atomic E-state index is -4.81. The van der Waals surface area contributed by atoms with Crippen molar-refractivity contribution < 1.29 is 22.7 Å². The molecular weight excluding hydrogens is 392 g/mol. The fourth-order valence-electron chi connectivity index (χ4n) is 2.89. The minimum Gasteiger partial charge on any atom is -0.388 e. The van der Waals surface area contributed by atoms with Crippen LogP contribution >= 0.6 is 0 Å². The van der Waals surface area contributed by atoms with Crippen LogP contribution in [0.5, 0.6) is 0 Å². The molecule has 0 aliphatic rings. The Labute approximate surface area is 164 Å². The third-order valence-electron chi connectivity index (χ3n) is 4.33. The van der Waals surface area contributed by atoms with Gasteiger partial charge in [0.1, 0.15) is 23.8 Å². The van der Waals surface area contributed by atoms with Gasteiger partial charge in [0.25, 0.3) is 5.78 Å². The van der Waals surface area contributed by atoms with Crippen LogP contribution in [0.25, 0.3) is 5.78 Å². The van der Waals surface area contributed by atoms with Gasteiger partial charge in [-0.05, 0) is 31.5 Å². The number of nitrogens with zero attached hydrogens (tertiary/aromatic N) is 5. The van der Waals surface area contributed by atoms with Crippen LogP contribution in [0.3, 0.4) is 0 Å². The standard InChI is InChI=1S/C18H20F4N6O/c1-17(2,29)15(10-5-6-11(12(19)7-10)18(20,21)22)25-14-8-13(27(3)4)26-16-23-9-24-28(14)16/h5-9,15,25,29H,1-4H3/t15-/m0/s1. The van der Waals surface area contributed by atoms with Crippen LogP contribution in [0.2, 0.25) is 0 Å². The molecule has 0 radical (unpaired) electrons. The highest BCUT2D eigenvalue weighted by Gasteiger charge is 2.36. The first-order valence-electron chi connectivity index (χ1n) is 8.61. The summed E-state index contributed by atoms with van der Waals surface area (Å²) in [5.74, 6) is -0.211. The molecule has 0 bridgehead atoms. The zero-order valence-electron chi connectivity index (χ0n) is 16.2. The lowest BCUT2D eigenvalue weighted by atomic mass is 9.91. The maximum absolute atomic E-state index is 14.1. The van der Waals surface area contributed by atoms with E-state index in [4.69, 9.17) is 0 Å². The highest BCUT2D eigenvalue weighted by Crippen LogP contribution is 2.35. The van der Waals surface area contributed by atoms with Crippen molar-refractivity contribution in [2.45, 2.75) is 31.7 Å². The van der Waals surface area contributed by atoms with Gasteiger partial charge < -0.3 is 15.3 Å². The average molecular weight is 412 g/mol. The third kappa shape index (κ3) is 4.24. The van der Waals surface area contributed by atoms with Crippen LogP contribution < -0.4 is 10.2 Å². The highest BCUT2D eigenvalue weighted by molar-refractivity contribution is 5.56. The van der Waals surface area contributed by atoms with Crippen molar-refractivity contribution in [1.82, 2.24) is 19.6 Å². The molecule has 7 nitrogen and oxygen atoms in total. The van der Waals surface area contributed by atoms with E-state index in [0.717, 1.165) is 12.1 Å². The van der Waals surface area contributed by atoms with Crippen molar-refractivity contribution in [1.29, 1.82) is 0 Å². The quantitative estimate of drug-likeness (QED) is 0.627. The lowest BCUT2D eigenvalue weighted by Crippen LogP contribution is -2.35. The molecule has 0 spiro atoms. The van der Waals surface area contributed by atoms with E-state index in [0.29, 0.717) is 17.7 Å². The van der Waals surface area contributed by atoms with Crippen molar-refractivity contribution in [3.63, 3.8) is 0 Å². The monoisotopic (exact) mass is 412 g/mol. The predicted octanol–water partition coefficient (Wildman–Crippen LogP) is 3.27. The molecule has 3 aromatic rings. The maximum atomic E-state index is 14.1. The van der Waals surface area contributed by atoms with E-state index in [9.17, 15) is 22.7 Å². The molecule has 0 aliphatic heterocycles. The Morgan fingerprint density at radius 1 is 1.17 bits per heavy atom. The molecule has 2 heterocycles. The summed E-state index contributed by atoms with van der Waals surface area (Å²) in [6.07, 6.45) is -3.51. The average Bonchev–Trinajstić information content (AvgIpc) is 3.05. The van der Waals surface area contributed by atoms with E-state index in [1.807, 2.05) is 0 Å². The van der Waals surface area contributed by atoms with Crippen LogP contribution in [-0.4, -0.2) is 44.4 Å². The number of hydrogen-bond donors (Lipinski definition) is 2. The van der Waals surface area contributed by atoms with Gasteiger partial charge in [0.15, 0.2) is 0 Å². The summed E-state index contributed by atoms with van der Waals surface area (Å²) in [4.78, 5) is 10.1. The van der Waals surface area contributed by atoms with E-state index in [2.05, 4.69) is 20.4 Å². The van der Waals surface area contributed by atoms with Crippen molar-refractivity contribution >= 4 is 17.4 Å². The lowest BCUT2D eigenvalue weighted by molar-refractivity contribution is -0.140. The van der Waals surface area contributed by atoms with Gasteiger partial charge >= 0.3 is 6.18 Å². The molecule has 1 atom stereocenters. The molecule has 0 amide bonds. The van der Waals surface area contributed by atoms with Crippen molar-refractivity contribution in [2.75, 3.05) is 24.3 Å². The van der Waals surface area contributed by atoms with Crippen molar-refractivity contribution in [3.05, 3.63) is 47.5 Å². The number of aliphatic hydroxyl groups is 1. The Bertz CT molecular complexity index is 1030. The van der Waals surface area contributed by atoms with Crippen LogP contribution in [0.4, 0.5) is 29.2 Å². The zero-order valence-corrected chi connectivity index (χ0v) is 16.2. The number of hydrogen-bond acceptors (Lipinski definition) is 6. The molecule has 2 aromatic heterocycles. The third-order valence-corrected chi connectivity index (χ3v) is 4.33. The highest BCUT2D eigenvalue weighted by atomic mass is 19.4. The number of nitrogens with one attached hydrogen (secondary N) is 1. The van der Waals surface area contributed by atoms with E-state index in [-0.39, 0.29) is 11.3 Å². The molecule has 0 aliphatic carbocycles. The van der Waals surface area contributed by atoms with Crippen molar-refractivity contribution in [2.24, 2.45) is 0 Å². The smallest absolute Gasteiger partial charge is 0.388 e. The molecule has 156 valence electrons. The number of anilines is 2. The van der Waals surface area contributed by atoms with Gasteiger partial charge in [-0.15, -0.1) is 0 Å². The van der Waals surface area contributed by atoms with Crippen LogP contribution in [0, 0.1) is 5.82 Å². The number of benzene rings is 1. The molecular formula is C18H20F4N6O. The molecule has 0 fully saturated rings. The largest absolute Gasteiger partial charge is 0.419 e. The van der Waals surface area contributed by atoms with E-state index >= 15 is 0 Å². The second kappa shape index (κ2) is 7.14. The SMILES string of the molecule is CN(C)c1cc(N[C@@H](c2ccc(C(F)(F)F)c(F)c2)C(C)(C)O)n2ncnc2n1. The number of rotatable bonds is 5. The Kier molecular flexibility index (Phi) is 5.11. The van der Waals surface area contributed by atoms with Gasteiger partial charge in [0, 0.05) is 20.2 Å². The van der Waals surface area contributed by atoms with Gasteiger partial charge in [-0.3, -0.25) is 0 Å². The minimum absolute atomic E-state index is 0.138. The fraction of sp³-hybridized carbons (Fsp3) is 0.389. The zero-order chi connectivity index (χ0) is 21.6. The summed E-state index contributed by atoms with van der Waals surface area (Å²) in [7, 11) is 3.55. The number of fused-ring (bicyclic) bond motifs is 1. The van der Waals surface area contributed by atoms with Crippen LogP contribution in [0.15, 0.2) is 30.6 Å². The first-order valence-corrected chi connectivity index (χ1v) is 8.61. The number of halogens is 4. The second-order valence-electron chi connectivity index (χ2n) is 7.33. The van der Waals surface area contributed by atoms with Gasteiger partial charge in [0.2, 0.25) is 0 Å². The molecule has 0 saturated heterocycles. The van der Waals surface area contributed by atoms with Crippen molar-refractivity contribution in [3.8, 4) is 0 Å². The summed E-state index contributed by atoms with van der Waals surface area (Å²) in [6.45, 7) is 2.93. The Morgan fingerprint density at radius 2 is 1.86 bits per heavy atom. The molecule has 2 N–H and O–H groups in total. The molecule has 1 aromatic carbocycles. The predicted molar refractivity (Wildman–Crippen MR) is 99.2 cm³/mol. The normalized spacial score (nSPS) is 13.6. The first kappa shape index (κ1) is 20.8. The molecule has 11 heteroatoms. The molecule has 3 rings (SSSR count). The fourth-order valence-corrected chi connectivity index (χ4v) is 2.89. The van der Waals surface area contributed by atoms with E-state index in [1.54, 1.807) is 25.1 Å². The molecule has 29 heavy (non-hydrogen) atoms. The summed E-state index contributed by atoms with van der Waals surface area (Å²) in [5, 5.41) is 17.7. The van der Waals surface area contributed by atoms with E-state index in [1.165, 1.54) is 24.7 Å². The molecule has 0 unspecified atom stereocenters. The Balaban J connectivity index is 2.08. The Morgan fingerprint density at radius 3 is 2.41 bits per heavy atom. The van der Waals surface area contributed by atoms with Crippen LogP contribution in [-0.2, 0) is 6.18 Å². The number of alkyl halides is 3. The second-order valence-corrected chi connectivity index (χ2v) is 7.33. The topological polar surface area (TPSA) is 78.6 Å². The van der Waals surface area contributed by atoms with E-state index < -0.39 is 29.2 Å².